The van der Waals surface area contributed by atoms with E-state index in [1.165, 1.54) is 24.3 Å². The molecule has 11 heteroatoms. The van der Waals surface area contributed by atoms with Crippen LogP contribution in [0.1, 0.15) is 17.2 Å². The standard InChI is InChI=1S/C17H14F3N3O5/c18-17(19,20)12-3-1-11(2-4-12)16-10-21(7-8-28-16)14-6-5-13(22(24)25)9-15(14)23(26)27/h1-6,9,16H,7-8,10H2. The maximum atomic E-state index is 12.7. The molecule has 1 fully saturated rings. The molecule has 0 aromatic heterocycles. The molecule has 1 aliphatic heterocycles. The molecule has 2 aromatic carbocycles. The van der Waals surface area contributed by atoms with Crippen molar-refractivity contribution in [3.05, 3.63) is 73.8 Å². The molecule has 1 aliphatic rings. The summed E-state index contributed by atoms with van der Waals surface area (Å²) in [5, 5.41) is 22.2. The first-order chi connectivity index (χ1) is 13.2. The van der Waals surface area contributed by atoms with Gasteiger partial charge >= 0.3 is 6.18 Å². The molecular weight excluding hydrogens is 383 g/mol. The van der Waals surface area contributed by atoms with E-state index in [4.69, 9.17) is 4.74 Å². The van der Waals surface area contributed by atoms with Gasteiger partial charge in [0.2, 0.25) is 0 Å². The lowest BCUT2D eigenvalue weighted by Gasteiger charge is -2.34. The zero-order valence-corrected chi connectivity index (χ0v) is 14.3. The fourth-order valence-corrected chi connectivity index (χ4v) is 3.00. The SMILES string of the molecule is O=[N+]([O-])c1ccc(N2CCOC(c3ccc(C(F)(F)F)cc3)C2)c([N+](=O)[O-])c1. The van der Waals surface area contributed by atoms with Gasteiger partial charge in [-0.3, -0.25) is 20.2 Å². The highest BCUT2D eigenvalue weighted by Crippen LogP contribution is 2.36. The summed E-state index contributed by atoms with van der Waals surface area (Å²) in [5.41, 5.74) is -0.904. The summed E-state index contributed by atoms with van der Waals surface area (Å²) in [5.74, 6) is 0. The van der Waals surface area contributed by atoms with Crippen LogP contribution in [0.15, 0.2) is 42.5 Å². The number of hydrogen-bond donors (Lipinski definition) is 0. The molecule has 1 unspecified atom stereocenters. The number of nitrogens with zero attached hydrogens (tertiary/aromatic N) is 3. The van der Waals surface area contributed by atoms with E-state index in [-0.39, 0.29) is 18.8 Å². The molecule has 0 bridgehead atoms. The lowest BCUT2D eigenvalue weighted by molar-refractivity contribution is -0.393. The molecule has 0 saturated carbocycles. The van der Waals surface area contributed by atoms with Gasteiger partial charge in [-0.15, -0.1) is 0 Å². The third kappa shape index (κ3) is 4.03. The number of anilines is 1. The lowest BCUT2D eigenvalue weighted by atomic mass is 10.0. The Hall–Kier alpha value is -3.21. The molecule has 8 nitrogen and oxygen atoms in total. The summed E-state index contributed by atoms with van der Waals surface area (Å²) in [7, 11) is 0. The van der Waals surface area contributed by atoms with E-state index in [2.05, 4.69) is 0 Å². The van der Waals surface area contributed by atoms with E-state index in [1.807, 2.05) is 0 Å². The Morgan fingerprint density at radius 2 is 1.71 bits per heavy atom. The molecule has 1 atom stereocenters. The van der Waals surface area contributed by atoms with Crippen LogP contribution in [0, 0.1) is 20.2 Å². The Labute approximate surface area is 156 Å². The largest absolute Gasteiger partial charge is 0.416 e. The van der Waals surface area contributed by atoms with Crippen LogP contribution in [0.3, 0.4) is 0 Å². The number of alkyl halides is 3. The number of morpholine rings is 1. The van der Waals surface area contributed by atoms with Crippen molar-refractivity contribution in [1.82, 2.24) is 0 Å². The summed E-state index contributed by atoms with van der Waals surface area (Å²) in [6.07, 6.45) is -5.04. The highest BCUT2D eigenvalue weighted by Gasteiger charge is 2.32. The van der Waals surface area contributed by atoms with Gasteiger partial charge in [0, 0.05) is 19.2 Å². The number of nitro benzene ring substituents is 2. The topological polar surface area (TPSA) is 98.8 Å². The van der Waals surface area contributed by atoms with Crippen molar-refractivity contribution in [2.45, 2.75) is 12.3 Å². The molecule has 28 heavy (non-hydrogen) atoms. The van der Waals surface area contributed by atoms with Crippen molar-refractivity contribution in [1.29, 1.82) is 0 Å². The molecule has 0 radical (unpaired) electrons. The number of benzene rings is 2. The number of nitro groups is 2. The predicted octanol–water partition coefficient (Wildman–Crippen LogP) is 4.10. The number of rotatable bonds is 4. The zero-order chi connectivity index (χ0) is 20.5. The lowest BCUT2D eigenvalue weighted by Crippen LogP contribution is -2.38. The first-order valence-corrected chi connectivity index (χ1v) is 8.13. The van der Waals surface area contributed by atoms with Crippen LogP contribution in [-0.4, -0.2) is 29.5 Å². The van der Waals surface area contributed by atoms with Crippen molar-refractivity contribution < 1.29 is 27.8 Å². The van der Waals surface area contributed by atoms with E-state index in [1.54, 1.807) is 4.90 Å². The average Bonchev–Trinajstić information content (AvgIpc) is 2.67. The molecule has 0 N–H and O–H groups in total. The Morgan fingerprint density at radius 1 is 1.04 bits per heavy atom. The molecule has 2 aromatic rings. The van der Waals surface area contributed by atoms with E-state index < -0.39 is 39.1 Å². The van der Waals surface area contributed by atoms with Crippen molar-refractivity contribution in [3.63, 3.8) is 0 Å². The Kier molecular flexibility index (Phi) is 5.18. The first kappa shape index (κ1) is 19.5. The van der Waals surface area contributed by atoms with Gasteiger partial charge in [0.25, 0.3) is 11.4 Å². The number of halogens is 3. The van der Waals surface area contributed by atoms with Gasteiger partial charge in [0.15, 0.2) is 0 Å². The smallest absolute Gasteiger partial charge is 0.370 e. The first-order valence-electron chi connectivity index (χ1n) is 8.13. The maximum Gasteiger partial charge on any atom is 0.416 e. The monoisotopic (exact) mass is 397 g/mol. The predicted molar refractivity (Wildman–Crippen MR) is 92.1 cm³/mol. The fourth-order valence-electron chi connectivity index (χ4n) is 3.00. The molecule has 0 aliphatic carbocycles. The second-order valence-corrected chi connectivity index (χ2v) is 6.11. The Bertz CT molecular complexity index is 902. The van der Waals surface area contributed by atoms with Crippen LogP contribution >= 0.6 is 0 Å². The normalized spacial score (nSPS) is 17.4. The Morgan fingerprint density at radius 3 is 2.29 bits per heavy atom. The van der Waals surface area contributed by atoms with Gasteiger partial charge in [-0.05, 0) is 23.8 Å². The minimum Gasteiger partial charge on any atom is -0.370 e. The summed E-state index contributed by atoms with van der Waals surface area (Å²) >= 11 is 0. The second-order valence-electron chi connectivity index (χ2n) is 6.11. The minimum absolute atomic E-state index is 0.157. The third-order valence-electron chi connectivity index (χ3n) is 4.38. The van der Waals surface area contributed by atoms with E-state index >= 15 is 0 Å². The Balaban J connectivity index is 1.85. The summed E-state index contributed by atoms with van der Waals surface area (Å²) in [6, 6.07) is 7.87. The van der Waals surface area contributed by atoms with Crippen LogP contribution in [-0.2, 0) is 10.9 Å². The average molecular weight is 397 g/mol. The quantitative estimate of drug-likeness (QED) is 0.569. The number of ether oxygens (including phenoxy) is 1. The maximum absolute atomic E-state index is 12.7. The van der Waals surface area contributed by atoms with Gasteiger partial charge in [0.1, 0.15) is 11.8 Å². The van der Waals surface area contributed by atoms with Gasteiger partial charge in [-0.1, -0.05) is 12.1 Å². The van der Waals surface area contributed by atoms with Gasteiger partial charge < -0.3 is 9.64 Å². The van der Waals surface area contributed by atoms with Crippen LogP contribution in [0.25, 0.3) is 0 Å². The highest BCUT2D eigenvalue weighted by atomic mass is 19.4. The molecule has 1 saturated heterocycles. The molecular formula is C17H14F3N3O5. The van der Waals surface area contributed by atoms with Crippen LogP contribution in [0.4, 0.5) is 30.2 Å². The molecule has 0 amide bonds. The summed E-state index contributed by atoms with van der Waals surface area (Å²) < 4.78 is 43.7. The minimum atomic E-state index is -4.45. The van der Waals surface area contributed by atoms with Crippen molar-refractivity contribution in [3.8, 4) is 0 Å². The summed E-state index contributed by atoms with van der Waals surface area (Å²) in [6.45, 7) is 0.652. The summed E-state index contributed by atoms with van der Waals surface area (Å²) in [4.78, 5) is 22.4. The highest BCUT2D eigenvalue weighted by molar-refractivity contribution is 5.67. The van der Waals surface area contributed by atoms with Crippen molar-refractivity contribution >= 4 is 17.1 Å². The zero-order valence-electron chi connectivity index (χ0n) is 14.3. The van der Waals surface area contributed by atoms with Crippen molar-refractivity contribution in [2.75, 3.05) is 24.6 Å². The van der Waals surface area contributed by atoms with Crippen LogP contribution < -0.4 is 4.90 Å². The molecule has 3 rings (SSSR count). The second kappa shape index (κ2) is 7.43. The van der Waals surface area contributed by atoms with Gasteiger partial charge in [0.05, 0.1) is 28.1 Å². The van der Waals surface area contributed by atoms with E-state index in [0.717, 1.165) is 18.2 Å². The molecule has 148 valence electrons. The number of non-ortho nitro benzene ring substituents is 1. The van der Waals surface area contributed by atoms with Crippen LogP contribution in [0.2, 0.25) is 0 Å². The van der Waals surface area contributed by atoms with Crippen LogP contribution in [0.5, 0.6) is 0 Å². The third-order valence-corrected chi connectivity index (χ3v) is 4.38. The van der Waals surface area contributed by atoms with Gasteiger partial charge in [-0.2, -0.15) is 13.2 Å². The van der Waals surface area contributed by atoms with Gasteiger partial charge in [-0.25, -0.2) is 0 Å². The van der Waals surface area contributed by atoms with Crippen molar-refractivity contribution in [2.24, 2.45) is 0 Å². The fraction of sp³-hybridized carbons (Fsp3) is 0.294. The number of hydrogen-bond acceptors (Lipinski definition) is 6. The van der Waals surface area contributed by atoms with E-state index in [0.29, 0.717) is 12.1 Å². The molecule has 1 heterocycles. The molecule has 0 spiro atoms. The van der Waals surface area contributed by atoms with E-state index in [9.17, 15) is 33.4 Å².